The van der Waals surface area contributed by atoms with Gasteiger partial charge in [-0.2, -0.15) is 0 Å². The van der Waals surface area contributed by atoms with Gasteiger partial charge in [0, 0.05) is 6.42 Å². The Labute approximate surface area is 192 Å². The van der Waals surface area contributed by atoms with Crippen LogP contribution in [-0.2, 0) is 9.53 Å². The minimum atomic E-state index is -0.507. The van der Waals surface area contributed by atoms with Gasteiger partial charge in [0.05, 0.1) is 0 Å². The molecule has 0 aromatic rings. The topological polar surface area (TPSA) is 66.8 Å². The lowest BCUT2D eigenvalue weighted by molar-refractivity contribution is -0.138. The summed E-state index contributed by atoms with van der Waals surface area (Å²) in [4.78, 5) is 11.4. The lowest BCUT2D eigenvalue weighted by atomic mass is 10.0. The molecule has 0 unspecified atom stereocenters. The molecule has 0 saturated heterocycles. The van der Waals surface area contributed by atoms with Gasteiger partial charge in [0.1, 0.15) is 12.9 Å². The highest BCUT2D eigenvalue weighted by molar-refractivity contribution is 5.69. The molecular weight excluding hydrogens is 388 g/mol. The van der Waals surface area contributed by atoms with Crippen LogP contribution in [-0.4, -0.2) is 22.8 Å². The zero-order chi connectivity index (χ0) is 22.8. The van der Waals surface area contributed by atoms with Crippen molar-refractivity contribution in [1.82, 2.24) is 0 Å². The van der Waals surface area contributed by atoms with Crippen LogP contribution in [0.3, 0.4) is 0 Å². The average Bonchev–Trinajstić information content (AvgIpc) is 2.78. The third-order valence-electron chi connectivity index (χ3n) is 5.97. The van der Waals surface area contributed by atoms with E-state index in [9.17, 15) is 4.79 Å². The summed E-state index contributed by atoms with van der Waals surface area (Å²) in [6.07, 6.45) is 29.5. The van der Waals surface area contributed by atoms with Crippen molar-refractivity contribution in [3.8, 4) is 0 Å². The SMILES string of the molecule is CCCCCCCCCCCCCCCCCCCCCCCC(=O)OC=C(O)CO. The number of carbonyl (C=O) groups is 1. The van der Waals surface area contributed by atoms with Gasteiger partial charge in [-0.05, 0) is 6.42 Å². The Balaban J connectivity index is 3.13. The van der Waals surface area contributed by atoms with Gasteiger partial charge < -0.3 is 14.9 Å². The maximum atomic E-state index is 11.4. The van der Waals surface area contributed by atoms with Crippen molar-refractivity contribution < 1.29 is 19.7 Å². The first kappa shape index (κ1) is 30.0. The van der Waals surface area contributed by atoms with Gasteiger partial charge in [-0.1, -0.05) is 135 Å². The van der Waals surface area contributed by atoms with E-state index in [1.54, 1.807) is 0 Å². The Morgan fingerprint density at radius 2 is 0.935 bits per heavy atom. The Morgan fingerprint density at radius 1 is 0.613 bits per heavy atom. The smallest absolute Gasteiger partial charge is 0.310 e. The molecule has 0 fully saturated rings. The van der Waals surface area contributed by atoms with E-state index >= 15 is 0 Å². The molecule has 0 spiro atoms. The summed E-state index contributed by atoms with van der Waals surface area (Å²) in [5.74, 6) is -0.676. The number of aliphatic hydroxyl groups is 2. The van der Waals surface area contributed by atoms with Gasteiger partial charge >= 0.3 is 5.97 Å². The molecule has 0 saturated carbocycles. The minimum absolute atomic E-state index is 0.327. The first-order chi connectivity index (χ1) is 15.2. The molecule has 0 bridgehead atoms. The summed E-state index contributed by atoms with van der Waals surface area (Å²) in [7, 11) is 0. The van der Waals surface area contributed by atoms with Gasteiger partial charge in [-0.25, -0.2) is 0 Å². The van der Waals surface area contributed by atoms with E-state index in [1.165, 1.54) is 122 Å². The summed E-state index contributed by atoms with van der Waals surface area (Å²) in [5, 5.41) is 17.6. The van der Waals surface area contributed by atoms with Gasteiger partial charge in [0.15, 0.2) is 5.76 Å². The standard InChI is InChI=1S/C27H52O4/c1-2-3-4-5-6-7-8-9-10-11-12-13-14-15-16-17-18-19-20-21-22-23-27(30)31-25-26(29)24-28/h25,28-29H,2-24H2,1H3. The number of rotatable bonds is 24. The average molecular weight is 441 g/mol. The Bertz CT molecular complexity index is 406. The molecule has 0 heterocycles. The summed E-state index contributed by atoms with van der Waals surface area (Å²) in [6, 6.07) is 0. The maximum absolute atomic E-state index is 11.4. The van der Waals surface area contributed by atoms with Crippen LogP contribution in [0, 0.1) is 0 Å². The van der Waals surface area contributed by atoms with Crippen LogP contribution in [0.25, 0.3) is 0 Å². The van der Waals surface area contributed by atoms with Crippen LogP contribution in [0.2, 0.25) is 0 Å². The zero-order valence-electron chi connectivity index (χ0n) is 20.6. The molecule has 4 heteroatoms. The highest BCUT2D eigenvalue weighted by Crippen LogP contribution is 2.15. The van der Waals surface area contributed by atoms with Gasteiger partial charge in [0.2, 0.25) is 0 Å². The lowest BCUT2D eigenvalue weighted by Crippen LogP contribution is -2.01. The fraction of sp³-hybridized carbons (Fsp3) is 0.889. The third kappa shape index (κ3) is 25.1. The molecule has 0 aliphatic heterocycles. The number of esters is 1. The van der Waals surface area contributed by atoms with E-state index in [4.69, 9.17) is 14.9 Å². The highest BCUT2D eigenvalue weighted by Gasteiger charge is 2.02. The summed E-state index contributed by atoms with van der Waals surface area (Å²) >= 11 is 0. The van der Waals surface area contributed by atoms with Crippen molar-refractivity contribution in [2.45, 2.75) is 148 Å². The van der Waals surface area contributed by atoms with E-state index in [0.717, 1.165) is 19.1 Å². The van der Waals surface area contributed by atoms with Crippen LogP contribution >= 0.6 is 0 Å². The van der Waals surface area contributed by atoms with Crippen LogP contribution in [0.1, 0.15) is 148 Å². The maximum Gasteiger partial charge on any atom is 0.310 e. The van der Waals surface area contributed by atoms with Crippen LogP contribution < -0.4 is 0 Å². The van der Waals surface area contributed by atoms with Crippen molar-refractivity contribution in [3.63, 3.8) is 0 Å². The Hall–Kier alpha value is -1.03. The molecule has 0 aromatic heterocycles. The molecule has 0 aromatic carbocycles. The second-order valence-electron chi connectivity index (χ2n) is 9.08. The molecule has 184 valence electrons. The van der Waals surface area contributed by atoms with E-state index in [1.807, 2.05) is 0 Å². The molecule has 0 atom stereocenters. The number of hydrogen-bond acceptors (Lipinski definition) is 4. The van der Waals surface area contributed by atoms with Crippen molar-refractivity contribution in [3.05, 3.63) is 12.0 Å². The number of unbranched alkanes of at least 4 members (excludes halogenated alkanes) is 20. The third-order valence-corrected chi connectivity index (χ3v) is 5.97. The predicted octanol–water partition coefficient (Wildman–Crippen LogP) is 8.52. The fourth-order valence-electron chi connectivity index (χ4n) is 3.93. The van der Waals surface area contributed by atoms with E-state index < -0.39 is 6.61 Å². The van der Waals surface area contributed by atoms with E-state index in [-0.39, 0.29) is 11.7 Å². The first-order valence-corrected chi connectivity index (χ1v) is 13.4. The minimum Gasteiger partial charge on any atom is -0.507 e. The molecule has 0 radical (unpaired) electrons. The quantitative estimate of drug-likeness (QED) is 0.0896. The predicted molar refractivity (Wildman–Crippen MR) is 131 cm³/mol. The van der Waals surface area contributed by atoms with Gasteiger partial charge in [0.25, 0.3) is 0 Å². The molecule has 4 nitrogen and oxygen atoms in total. The second kappa shape index (κ2) is 25.2. The van der Waals surface area contributed by atoms with E-state index in [0.29, 0.717) is 6.42 Å². The van der Waals surface area contributed by atoms with Gasteiger partial charge in [-0.3, -0.25) is 4.79 Å². The summed E-state index contributed by atoms with van der Waals surface area (Å²) < 4.78 is 4.73. The molecule has 0 rings (SSSR count). The van der Waals surface area contributed by atoms with Crippen LogP contribution in [0.15, 0.2) is 12.0 Å². The first-order valence-electron chi connectivity index (χ1n) is 13.4. The molecule has 0 amide bonds. The van der Waals surface area contributed by atoms with Crippen molar-refractivity contribution >= 4 is 5.97 Å². The molecule has 0 aliphatic rings. The second-order valence-corrected chi connectivity index (χ2v) is 9.08. The Kier molecular flexibility index (Phi) is 24.4. The monoisotopic (exact) mass is 440 g/mol. The number of hydrogen-bond donors (Lipinski definition) is 2. The lowest BCUT2D eigenvalue weighted by Gasteiger charge is -2.04. The largest absolute Gasteiger partial charge is 0.507 e. The molecule has 0 aliphatic carbocycles. The van der Waals surface area contributed by atoms with Crippen LogP contribution in [0.4, 0.5) is 0 Å². The van der Waals surface area contributed by atoms with Crippen molar-refractivity contribution in [1.29, 1.82) is 0 Å². The molecular formula is C27H52O4. The zero-order valence-corrected chi connectivity index (χ0v) is 20.6. The Morgan fingerprint density at radius 3 is 1.26 bits per heavy atom. The fourth-order valence-corrected chi connectivity index (χ4v) is 3.93. The van der Waals surface area contributed by atoms with Gasteiger partial charge in [-0.15, -0.1) is 0 Å². The highest BCUT2D eigenvalue weighted by atomic mass is 16.5. The summed E-state index contributed by atoms with van der Waals surface area (Å²) in [6.45, 7) is 1.78. The summed E-state index contributed by atoms with van der Waals surface area (Å²) in [5.41, 5.74) is 0. The molecule has 2 N–H and O–H groups in total. The van der Waals surface area contributed by atoms with Crippen molar-refractivity contribution in [2.24, 2.45) is 0 Å². The number of aliphatic hydroxyl groups excluding tert-OH is 2. The van der Waals surface area contributed by atoms with E-state index in [2.05, 4.69) is 6.92 Å². The normalized spacial score (nSPS) is 11.7. The van der Waals surface area contributed by atoms with Crippen molar-refractivity contribution in [2.75, 3.05) is 6.61 Å². The van der Waals surface area contributed by atoms with Crippen LogP contribution in [0.5, 0.6) is 0 Å². The molecule has 31 heavy (non-hydrogen) atoms. The number of carbonyl (C=O) groups excluding carboxylic acids is 1. The number of ether oxygens (including phenoxy) is 1.